The summed E-state index contributed by atoms with van der Waals surface area (Å²) in [6, 6.07) is 59.8. The lowest BCUT2D eigenvalue weighted by Crippen LogP contribution is -1.96. The number of furan rings is 1. The van der Waals surface area contributed by atoms with E-state index in [1.54, 1.807) is 0 Å². The summed E-state index contributed by atoms with van der Waals surface area (Å²) in [5.74, 6) is 0.691. The second-order valence-corrected chi connectivity index (χ2v) is 13.0. The van der Waals surface area contributed by atoms with Crippen LogP contribution in [-0.2, 0) is 6.42 Å². The molecule has 0 bridgehead atoms. The number of rotatable bonds is 5. The van der Waals surface area contributed by atoms with Crippen LogP contribution in [0.25, 0.3) is 89.2 Å². The normalized spacial score (nSPS) is 11.9. The van der Waals surface area contributed by atoms with Crippen molar-refractivity contribution in [3.8, 4) is 67.3 Å². The van der Waals surface area contributed by atoms with E-state index in [2.05, 4.69) is 133 Å². The van der Waals surface area contributed by atoms with Crippen LogP contribution < -0.4 is 0 Å². The highest BCUT2D eigenvalue weighted by Crippen LogP contribution is 2.42. The highest BCUT2D eigenvalue weighted by molar-refractivity contribution is 6.13. The molecule has 10 rings (SSSR count). The summed E-state index contributed by atoms with van der Waals surface area (Å²) >= 11 is 0. The molecule has 2 heterocycles. The SMILES string of the molecule is c1ccc(-c2cc(-c3ccccc3)nc(-c3cccc(-c4cccc5oc6ccc(-c7ccc8c(c7)-c7ccccc7C8)cc6c45)c3)n2)cc1. The van der Waals surface area contributed by atoms with Crippen LogP contribution in [0.1, 0.15) is 11.1 Å². The van der Waals surface area contributed by atoms with Gasteiger partial charge in [0.25, 0.3) is 0 Å². The zero-order valence-corrected chi connectivity index (χ0v) is 27.2. The standard InChI is InChI=1S/C47H30N2O/c1-3-11-30(12-4-1)42-29-43(31-13-5-2-6-14-31)49-47(48-42)37-17-9-16-35(26-37)39-19-10-20-45-46(39)41-28-33(23-24-44(41)50-45)32-21-22-36-25-34-15-7-8-18-38(34)40(36)27-32/h1-24,26-29H,25H2. The van der Waals surface area contributed by atoms with Crippen LogP contribution >= 0.6 is 0 Å². The fraction of sp³-hybridized carbons (Fsp3) is 0.0213. The van der Waals surface area contributed by atoms with Crippen LogP contribution in [0.3, 0.4) is 0 Å². The van der Waals surface area contributed by atoms with Crippen LogP contribution in [0.2, 0.25) is 0 Å². The van der Waals surface area contributed by atoms with Crippen LogP contribution in [0.15, 0.2) is 174 Å². The molecule has 1 aliphatic rings. The molecule has 0 saturated heterocycles. The summed E-state index contributed by atoms with van der Waals surface area (Å²) < 4.78 is 6.45. The molecule has 0 atom stereocenters. The Bertz CT molecular complexity index is 2670. The van der Waals surface area contributed by atoms with Crippen molar-refractivity contribution in [2.75, 3.05) is 0 Å². The first-order valence-electron chi connectivity index (χ1n) is 17.0. The largest absolute Gasteiger partial charge is 0.456 e. The Morgan fingerprint density at radius 3 is 1.80 bits per heavy atom. The topological polar surface area (TPSA) is 38.9 Å². The number of hydrogen-bond acceptors (Lipinski definition) is 3. The van der Waals surface area contributed by atoms with E-state index >= 15 is 0 Å². The number of benzene rings is 7. The fourth-order valence-electron chi connectivity index (χ4n) is 7.47. The third-order valence-corrected chi connectivity index (χ3v) is 9.92. The maximum atomic E-state index is 6.45. The molecular weight excluding hydrogens is 609 g/mol. The Hall–Kier alpha value is -6.58. The second kappa shape index (κ2) is 11.5. The summed E-state index contributed by atoms with van der Waals surface area (Å²) in [4.78, 5) is 10.2. The molecule has 9 aromatic rings. The van der Waals surface area contributed by atoms with Crippen molar-refractivity contribution in [1.82, 2.24) is 9.97 Å². The maximum absolute atomic E-state index is 6.45. The monoisotopic (exact) mass is 638 g/mol. The lowest BCUT2D eigenvalue weighted by Gasteiger charge is -2.11. The van der Waals surface area contributed by atoms with Crippen molar-refractivity contribution in [1.29, 1.82) is 0 Å². The molecule has 0 fully saturated rings. The van der Waals surface area contributed by atoms with Crippen molar-refractivity contribution in [3.05, 3.63) is 181 Å². The minimum Gasteiger partial charge on any atom is -0.456 e. The van der Waals surface area contributed by atoms with Crippen molar-refractivity contribution in [2.45, 2.75) is 6.42 Å². The first kappa shape index (κ1) is 28.4. The van der Waals surface area contributed by atoms with Gasteiger partial charge in [0.05, 0.1) is 11.4 Å². The molecule has 0 unspecified atom stereocenters. The zero-order valence-electron chi connectivity index (χ0n) is 27.2. The van der Waals surface area contributed by atoms with Gasteiger partial charge < -0.3 is 4.42 Å². The molecule has 0 aliphatic heterocycles. The number of fused-ring (bicyclic) bond motifs is 6. The van der Waals surface area contributed by atoms with Gasteiger partial charge in [-0.15, -0.1) is 0 Å². The van der Waals surface area contributed by atoms with Gasteiger partial charge in [-0.2, -0.15) is 0 Å². The molecule has 50 heavy (non-hydrogen) atoms. The Morgan fingerprint density at radius 1 is 0.380 bits per heavy atom. The molecule has 0 radical (unpaired) electrons. The van der Waals surface area contributed by atoms with Gasteiger partial charge in [0, 0.05) is 27.5 Å². The van der Waals surface area contributed by atoms with Gasteiger partial charge in [-0.25, -0.2) is 9.97 Å². The van der Waals surface area contributed by atoms with Crippen molar-refractivity contribution >= 4 is 21.9 Å². The molecular formula is C47H30N2O. The lowest BCUT2D eigenvalue weighted by atomic mass is 9.95. The quantitative estimate of drug-likeness (QED) is 0.188. The van der Waals surface area contributed by atoms with E-state index in [4.69, 9.17) is 14.4 Å². The van der Waals surface area contributed by atoms with Crippen molar-refractivity contribution in [3.63, 3.8) is 0 Å². The van der Waals surface area contributed by atoms with E-state index in [1.807, 2.05) is 36.4 Å². The zero-order chi connectivity index (χ0) is 33.0. The van der Waals surface area contributed by atoms with Crippen LogP contribution in [0, 0.1) is 0 Å². The minimum absolute atomic E-state index is 0.691. The van der Waals surface area contributed by atoms with Gasteiger partial charge in [0.2, 0.25) is 0 Å². The summed E-state index contributed by atoms with van der Waals surface area (Å²) in [6.45, 7) is 0. The van der Waals surface area contributed by atoms with Crippen LogP contribution in [0.4, 0.5) is 0 Å². The van der Waals surface area contributed by atoms with Crippen molar-refractivity contribution < 1.29 is 4.42 Å². The molecule has 0 N–H and O–H groups in total. The van der Waals surface area contributed by atoms with Crippen LogP contribution in [-0.4, -0.2) is 9.97 Å². The average Bonchev–Trinajstić information content (AvgIpc) is 3.76. The third-order valence-electron chi connectivity index (χ3n) is 9.92. The summed E-state index contributed by atoms with van der Waals surface area (Å²) in [5.41, 5.74) is 16.7. The number of aromatic nitrogens is 2. The molecule has 1 aliphatic carbocycles. The molecule has 2 aromatic heterocycles. The van der Waals surface area contributed by atoms with Gasteiger partial charge in [-0.1, -0.05) is 133 Å². The van der Waals surface area contributed by atoms with E-state index in [9.17, 15) is 0 Å². The Balaban J connectivity index is 1.10. The molecule has 0 spiro atoms. The smallest absolute Gasteiger partial charge is 0.160 e. The van der Waals surface area contributed by atoms with Gasteiger partial charge in [-0.3, -0.25) is 0 Å². The van der Waals surface area contributed by atoms with E-state index in [-0.39, 0.29) is 0 Å². The van der Waals surface area contributed by atoms with Gasteiger partial charge in [-0.05, 0) is 87.3 Å². The van der Waals surface area contributed by atoms with E-state index in [0.29, 0.717) is 5.82 Å². The van der Waals surface area contributed by atoms with E-state index in [1.165, 1.54) is 33.4 Å². The molecule has 3 heteroatoms. The predicted molar refractivity (Wildman–Crippen MR) is 205 cm³/mol. The average molecular weight is 639 g/mol. The third kappa shape index (κ3) is 4.83. The summed E-state index contributed by atoms with van der Waals surface area (Å²) in [6.07, 6.45) is 0.995. The first-order valence-corrected chi connectivity index (χ1v) is 17.0. The van der Waals surface area contributed by atoms with Gasteiger partial charge in [0.1, 0.15) is 11.2 Å². The van der Waals surface area contributed by atoms with Gasteiger partial charge >= 0.3 is 0 Å². The molecule has 0 amide bonds. The maximum Gasteiger partial charge on any atom is 0.160 e. The first-order chi connectivity index (χ1) is 24.7. The molecule has 3 nitrogen and oxygen atoms in total. The van der Waals surface area contributed by atoms with Crippen molar-refractivity contribution in [2.24, 2.45) is 0 Å². The molecule has 0 saturated carbocycles. The molecule has 7 aromatic carbocycles. The van der Waals surface area contributed by atoms with Gasteiger partial charge in [0.15, 0.2) is 5.82 Å². The Labute approximate surface area is 290 Å². The Morgan fingerprint density at radius 2 is 1.00 bits per heavy atom. The second-order valence-electron chi connectivity index (χ2n) is 13.0. The van der Waals surface area contributed by atoms with E-state index < -0.39 is 0 Å². The minimum atomic E-state index is 0.691. The highest BCUT2D eigenvalue weighted by Gasteiger charge is 2.20. The number of hydrogen-bond donors (Lipinski definition) is 0. The Kier molecular flexibility index (Phi) is 6.56. The predicted octanol–water partition coefficient (Wildman–Crippen LogP) is 12.3. The summed E-state index contributed by atoms with van der Waals surface area (Å²) in [5, 5.41) is 2.21. The lowest BCUT2D eigenvalue weighted by molar-refractivity contribution is 0.669. The van der Waals surface area contributed by atoms with E-state index in [0.717, 1.165) is 67.6 Å². The fourth-order valence-corrected chi connectivity index (χ4v) is 7.47. The highest BCUT2D eigenvalue weighted by atomic mass is 16.3. The van der Waals surface area contributed by atoms with Crippen LogP contribution in [0.5, 0.6) is 0 Å². The summed E-state index contributed by atoms with van der Waals surface area (Å²) in [7, 11) is 0. The molecule has 234 valence electrons. The number of nitrogens with zero attached hydrogens (tertiary/aromatic N) is 2.